The second-order valence-electron chi connectivity index (χ2n) is 4.29. The molecule has 0 atom stereocenters. The van der Waals surface area contributed by atoms with Gasteiger partial charge in [0.2, 0.25) is 5.54 Å². The Balaban J connectivity index is 4.92. The predicted octanol–water partition coefficient (Wildman–Crippen LogP) is -0.178. The van der Waals surface area contributed by atoms with Crippen LogP contribution in [0.4, 0.5) is 0 Å². The number of carbonyl (C=O) groups is 2. The molecule has 0 fully saturated rings. The van der Waals surface area contributed by atoms with Crippen LogP contribution in [0.15, 0.2) is 0 Å². The lowest BCUT2D eigenvalue weighted by Crippen LogP contribution is -2.40. The molecule has 4 N–H and O–H groups in total. The average molecular weight is 279 g/mol. The highest BCUT2D eigenvalue weighted by Gasteiger charge is 2.43. The monoisotopic (exact) mass is 279 g/mol. The maximum absolute atomic E-state index is 11.1. The van der Waals surface area contributed by atoms with Crippen LogP contribution in [0.1, 0.15) is 38.5 Å². The van der Waals surface area contributed by atoms with Gasteiger partial charge in [-0.3, -0.25) is 19.7 Å². The van der Waals surface area contributed by atoms with Crippen molar-refractivity contribution in [2.24, 2.45) is 0 Å². The van der Waals surface area contributed by atoms with E-state index in [2.05, 4.69) is 0 Å². The Morgan fingerprint density at radius 3 is 1.74 bits per heavy atom. The third-order valence-corrected chi connectivity index (χ3v) is 2.86. The molecule has 0 aliphatic heterocycles. The Hall–Kier alpha value is -1.74. The second kappa shape index (κ2) is 7.64. The van der Waals surface area contributed by atoms with E-state index in [4.69, 9.17) is 20.4 Å². The van der Waals surface area contributed by atoms with Crippen molar-refractivity contribution in [3.05, 3.63) is 10.1 Å². The van der Waals surface area contributed by atoms with Crippen molar-refractivity contribution in [1.82, 2.24) is 0 Å². The average Bonchev–Trinajstić information content (AvgIpc) is 2.27. The molecule has 0 aromatic rings. The molecule has 0 radical (unpaired) electrons. The lowest BCUT2D eigenvalue weighted by molar-refractivity contribution is -0.574. The molecule has 110 valence electrons. The van der Waals surface area contributed by atoms with Crippen molar-refractivity contribution in [2.45, 2.75) is 50.4 Å². The van der Waals surface area contributed by atoms with E-state index in [9.17, 15) is 19.7 Å². The van der Waals surface area contributed by atoms with Gasteiger partial charge in [0.15, 0.2) is 6.29 Å². The van der Waals surface area contributed by atoms with Gasteiger partial charge in [-0.1, -0.05) is 0 Å². The lowest BCUT2D eigenvalue weighted by Gasteiger charge is -2.24. The normalized spacial score (nSPS) is 11.5. The fraction of sp³-hybridized carbons (Fsp3) is 0.800. The van der Waals surface area contributed by atoms with Gasteiger partial charge in [0.1, 0.15) is 0 Å². The first kappa shape index (κ1) is 17.3. The number of aliphatic hydroxyl groups excluding tert-OH is 1. The molecule has 0 unspecified atom stereocenters. The van der Waals surface area contributed by atoms with E-state index < -0.39 is 41.5 Å². The van der Waals surface area contributed by atoms with E-state index in [0.29, 0.717) is 0 Å². The Bertz CT molecular complexity index is 322. The number of aliphatic carboxylic acids is 2. The number of aliphatic hydroxyl groups is 2. The molecule has 19 heavy (non-hydrogen) atoms. The molecule has 0 saturated heterocycles. The summed E-state index contributed by atoms with van der Waals surface area (Å²) in [7, 11) is 0. The van der Waals surface area contributed by atoms with Gasteiger partial charge < -0.3 is 20.4 Å². The van der Waals surface area contributed by atoms with Gasteiger partial charge in [-0.15, -0.1) is 0 Å². The van der Waals surface area contributed by atoms with Crippen LogP contribution in [0.5, 0.6) is 0 Å². The summed E-state index contributed by atoms with van der Waals surface area (Å²) in [5, 5.41) is 45.8. The summed E-state index contributed by atoms with van der Waals surface area (Å²) >= 11 is 0. The molecule has 0 amide bonds. The third kappa shape index (κ3) is 6.67. The molecule has 0 heterocycles. The van der Waals surface area contributed by atoms with Crippen molar-refractivity contribution in [3.63, 3.8) is 0 Å². The van der Waals surface area contributed by atoms with E-state index in [-0.39, 0.29) is 25.7 Å². The Kier molecular flexibility index (Phi) is 6.94. The van der Waals surface area contributed by atoms with Crippen LogP contribution in [-0.4, -0.2) is 49.1 Å². The minimum absolute atomic E-state index is 0.293. The van der Waals surface area contributed by atoms with Gasteiger partial charge in [-0.2, -0.15) is 0 Å². The number of carboxylic acid groups (broad SMARTS) is 2. The van der Waals surface area contributed by atoms with Crippen molar-refractivity contribution < 1.29 is 34.9 Å². The summed E-state index contributed by atoms with van der Waals surface area (Å²) in [5.74, 6) is -2.46. The molecule has 9 heteroatoms. The predicted molar refractivity (Wildman–Crippen MR) is 60.9 cm³/mol. The van der Waals surface area contributed by atoms with Crippen LogP contribution in [-0.2, 0) is 9.59 Å². The highest BCUT2D eigenvalue weighted by Crippen LogP contribution is 2.29. The molecule has 0 saturated carbocycles. The Morgan fingerprint density at radius 1 is 1.05 bits per heavy atom. The Labute approximate surface area is 108 Å². The first-order valence-electron chi connectivity index (χ1n) is 5.64. The molecule has 0 rings (SSSR count). The van der Waals surface area contributed by atoms with E-state index in [0.717, 1.165) is 0 Å². The summed E-state index contributed by atoms with van der Waals surface area (Å²) < 4.78 is 0. The molecule has 0 aromatic heterocycles. The van der Waals surface area contributed by atoms with E-state index in [1.54, 1.807) is 0 Å². The molecule has 0 bridgehead atoms. The zero-order valence-electron chi connectivity index (χ0n) is 10.2. The number of hydrogen-bond donors (Lipinski definition) is 4. The molecule has 0 aliphatic rings. The molecule has 0 aliphatic carbocycles. The second-order valence-corrected chi connectivity index (χ2v) is 4.29. The van der Waals surface area contributed by atoms with E-state index >= 15 is 0 Å². The standard InChI is InChI=1S/C10H17NO8/c12-7(13)1-4-10(11(18)19,5-2-8(14)15)6-3-9(16)17/h7,12-13H,1-6H2,(H,14,15)(H,16,17). The van der Waals surface area contributed by atoms with Gasteiger partial charge >= 0.3 is 11.9 Å². The van der Waals surface area contributed by atoms with Gasteiger partial charge in [-0.25, -0.2) is 0 Å². The van der Waals surface area contributed by atoms with Crippen molar-refractivity contribution in [2.75, 3.05) is 0 Å². The van der Waals surface area contributed by atoms with Crippen LogP contribution in [0.25, 0.3) is 0 Å². The third-order valence-electron chi connectivity index (χ3n) is 2.86. The van der Waals surface area contributed by atoms with Crippen molar-refractivity contribution in [3.8, 4) is 0 Å². The zero-order chi connectivity index (χ0) is 15.1. The topological polar surface area (TPSA) is 158 Å². The summed E-state index contributed by atoms with van der Waals surface area (Å²) in [5.41, 5.74) is -1.76. The number of nitrogens with zero attached hydrogens (tertiary/aromatic N) is 1. The van der Waals surface area contributed by atoms with Crippen LogP contribution in [0.2, 0.25) is 0 Å². The fourth-order valence-corrected chi connectivity index (χ4v) is 1.73. The van der Waals surface area contributed by atoms with Crippen LogP contribution < -0.4 is 0 Å². The smallest absolute Gasteiger partial charge is 0.303 e. The maximum Gasteiger partial charge on any atom is 0.303 e. The maximum atomic E-state index is 11.1. The van der Waals surface area contributed by atoms with Gasteiger partial charge in [0.25, 0.3) is 0 Å². The zero-order valence-corrected chi connectivity index (χ0v) is 10.2. The highest BCUT2D eigenvalue weighted by molar-refractivity contribution is 5.67. The van der Waals surface area contributed by atoms with E-state index in [1.807, 2.05) is 0 Å². The fourth-order valence-electron chi connectivity index (χ4n) is 1.73. The highest BCUT2D eigenvalue weighted by atomic mass is 16.6. The first-order valence-corrected chi connectivity index (χ1v) is 5.64. The van der Waals surface area contributed by atoms with E-state index in [1.165, 1.54) is 0 Å². The summed E-state index contributed by atoms with van der Waals surface area (Å²) in [6, 6.07) is 0. The molecular formula is C10H17NO8. The number of nitro groups is 1. The van der Waals surface area contributed by atoms with Gasteiger partial charge in [-0.05, 0) is 0 Å². The van der Waals surface area contributed by atoms with Gasteiger partial charge in [0.05, 0.1) is 12.8 Å². The van der Waals surface area contributed by atoms with Crippen LogP contribution in [0.3, 0.4) is 0 Å². The molecular weight excluding hydrogens is 262 g/mol. The summed E-state index contributed by atoms with van der Waals surface area (Å²) in [4.78, 5) is 31.4. The summed E-state index contributed by atoms with van der Waals surface area (Å²) in [6.45, 7) is 0. The summed E-state index contributed by atoms with van der Waals surface area (Å²) in [6.07, 6.45) is -4.04. The SMILES string of the molecule is O=C(O)CCC(CCC(=O)O)(CCC(O)O)[N+](=O)[O-]. The van der Waals surface area contributed by atoms with Gasteiger partial charge in [0, 0.05) is 30.6 Å². The van der Waals surface area contributed by atoms with Crippen molar-refractivity contribution in [1.29, 1.82) is 0 Å². The quantitative estimate of drug-likeness (QED) is 0.243. The minimum atomic E-state index is -1.76. The van der Waals surface area contributed by atoms with Crippen LogP contribution >= 0.6 is 0 Å². The molecule has 0 spiro atoms. The molecule has 9 nitrogen and oxygen atoms in total. The molecule has 0 aromatic carbocycles. The first-order chi connectivity index (χ1) is 8.69. The number of carboxylic acids is 2. The van der Waals surface area contributed by atoms with Crippen LogP contribution in [0, 0.1) is 10.1 Å². The number of hydrogen-bond acceptors (Lipinski definition) is 6. The lowest BCUT2D eigenvalue weighted by atomic mass is 9.84. The largest absolute Gasteiger partial charge is 0.481 e. The van der Waals surface area contributed by atoms with Crippen molar-refractivity contribution >= 4 is 11.9 Å². The Morgan fingerprint density at radius 2 is 1.47 bits per heavy atom. The number of rotatable bonds is 10. The minimum Gasteiger partial charge on any atom is -0.481 e.